The van der Waals surface area contributed by atoms with Gasteiger partial charge in [-0.1, -0.05) is 33.6 Å². The van der Waals surface area contributed by atoms with E-state index in [9.17, 15) is 0 Å². The molecule has 1 saturated carbocycles. The Hall–Kier alpha value is -0.900. The second-order valence-corrected chi connectivity index (χ2v) is 6.54. The van der Waals surface area contributed by atoms with Gasteiger partial charge >= 0.3 is 0 Å². The van der Waals surface area contributed by atoms with Crippen molar-refractivity contribution in [1.29, 1.82) is 0 Å². The van der Waals surface area contributed by atoms with Crippen LogP contribution in [0.15, 0.2) is 4.42 Å². The maximum Gasteiger partial charge on any atom is 0.222 e. The van der Waals surface area contributed by atoms with Gasteiger partial charge in [0.2, 0.25) is 11.8 Å². The number of rotatable bonds is 8. The van der Waals surface area contributed by atoms with Crippen LogP contribution >= 0.6 is 0 Å². The van der Waals surface area contributed by atoms with Gasteiger partial charge in [0, 0.05) is 11.8 Å². The van der Waals surface area contributed by atoms with Crippen LogP contribution in [0.2, 0.25) is 0 Å². The van der Waals surface area contributed by atoms with E-state index in [0.29, 0.717) is 5.92 Å². The third-order valence-corrected chi connectivity index (χ3v) is 4.27. The van der Waals surface area contributed by atoms with E-state index in [0.717, 1.165) is 37.7 Å². The first-order chi connectivity index (χ1) is 9.66. The Bertz CT molecular complexity index is 394. The van der Waals surface area contributed by atoms with Gasteiger partial charge in [-0.3, -0.25) is 0 Å². The Morgan fingerprint density at radius 3 is 2.65 bits per heavy atom. The summed E-state index contributed by atoms with van der Waals surface area (Å²) in [7, 11) is 0. The fourth-order valence-corrected chi connectivity index (χ4v) is 3.45. The van der Waals surface area contributed by atoms with Crippen molar-refractivity contribution in [3.8, 4) is 0 Å². The zero-order valence-electron chi connectivity index (χ0n) is 13.2. The highest BCUT2D eigenvalue weighted by molar-refractivity contribution is 5.07. The highest BCUT2D eigenvalue weighted by atomic mass is 16.4. The lowest BCUT2D eigenvalue weighted by Crippen LogP contribution is -2.24. The smallest absolute Gasteiger partial charge is 0.222 e. The summed E-state index contributed by atoms with van der Waals surface area (Å²) in [4.78, 5) is 0. The summed E-state index contributed by atoms with van der Waals surface area (Å²) < 4.78 is 6.00. The molecule has 0 saturated heterocycles. The van der Waals surface area contributed by atoms with Crippen molar-refractivity contribution < 1.29 is 4.42 Å². The molecule has 0 atom stereocenters. The van der Waals surface area contributed by atoms with Gasteiger partial charge in [-0.05, 0) is 44.7 Å². The zero-order chi connectivity index (χ0) is 14.4. The van der Waals surface area contributed by atoms with E-state index in [1.54, 1.807) is 0 Å². The molecular weight excluding hydrogens is 250 g/mol. The van der Waals surface area contributed by atoms with E-state index in [4.69, 9.17) is 4.42 Å². The summed E-state index contributed by atoms with van der Waals surface area (Å²) in [5, 5.41) is 12.0. The fraction of sp³-hybridized carbons (Fsp3) is 0.875. The van der Waals surface area contributed by atoms with Crippen molar-refractivity contribution >= 4 is 0 Å². The average molecular weight is 279 g/mol. The van der Waals surface area contributed by atoms with E-state index < -0.39 is 0 Å². The van der Waals surface area contributed by atoms with Crippen molar-refractivity contribution in [3.63, 3.8) is 0 Å². The molecule has 1 N–H and O–H groups in total. The van der Waals surface area contributed by atoms with E-state index in [2.05, 4.69) is 36.3 Å². The van der Waals surface area contributed by atoms with Crippen molar-refractivity contribution in [1.82, 2.24) is 15.5 Å². The summed E-state index contributed by atoms with van der Waals surface area (Å²) in [6.45, 7) is 8.74. The molecule has 0 amide bonds. The van der Waals surface area contributed by atoms with Gasteiger partial charge in [-0.15, -0.1) is 10.2 Å². The van der Waals surface area contributed by atoms with Gasteiger partial charge in [0.15, 0.2) is 0 Å². The van der Waals surface area contributed by atoms with Crippen molar-refractivity contribution in [2.75, 3.05) is 13.1 Å². The van der Waals surface area contributed by atoms with Crippen molar-refractivity contribution in [2.45, 2.75) is 71.1 Å². The van der Waals surface area contributed by atoms with Crippen LogP contribution in [0.1, 0.15) is 71.1 Å². The van der Waals surface area contributed by atoms with Crippen LogP contribution in [0.3, 0.4) is 0 Å². The zero-order valence-corrected chi connectivity index (χ0v) is 13.2. The van der Waals surface area contributed by atoms with Gasteiger partial charge in [0.1, 0.15) is 0 Å². The number of hydrogen-bond donors (Lipinski definition) is 1. The maximum absolute atomic E-state index is 6.00. The first-order valence-electron chi connectivity index (χ1n) is 8.20. The number of aryl methyl sites for hydroxylation is 1. The van der Waals surface area contributed by atoms with Crippen LogP contribution < -0.4 is 5.32 Å². The molecule has 0 radical (unpaired) electrons. The van der Waals surface area contributed by atoms with Crippen LogP contribution in [0.25, 0.3) is 0 Å². The summed E-state index contributed by atoms with van der Waals surface area (Å²) >= 11 is 0. The highest BCUT2D eigenvalue weighted by Crippen LogP contribution is 2.44. The Morgan fingerprint density at radius 2 is 2.00 bits per heavy atom. The monoisotopic (exact) mass is 279 g/mol. The first-order valence-corrected chi connectivity index (χ1v) is 8.20. The molecular formula is C16H29N3O. The molecule has 1 aliphatic carbocycles. The second kappa shape index (κ2) is 7.21. The standard InChI is InChI=1S/C16H29N3O/c1-4-17-11-7-8-14-18-19-15(20-14)16(12-13(2)3)9-5-6-10-16/h13,17H,4-12H2,1-3H3. The van der Waals surface area contributed by atoms with Crippen LogP contribution in [0.5, 0.6) is 0 Å². The molecule has 0 spiro atoms. The topological polar surface area (TPSA) is 51.0 Å². The third-order valence-electron chi connectivity index (χ3n) is 4.27. The van der Waals surface area contributed by atoms with Gasteiger partial charge in [-0.25, -0.2) is 0 Å². The minimum Gasteiger partial charge on any atom is -0.425 e. The predicted molar refractivity (Wildman–Crippen MR) is 80.8 cm³/mol. The molecule has 1 heterocycles. The minimum absolute atomic E-state index is 0.168. The second-order valence-electron chi connectivity index (χ2n) is 6.54. The molecule has 1 fully saturated rings. The van der Waals surface area contributed by atoms with Crippen LogP contribution in [-0.4, -0.2) is 23.3 Å². The summed E-state index contributed by atoms with van der Waals surface area (Å²) in [5.74, 6) is 2.40. The fourth-order valence-electron chi connectivity index (χ4n) is 3.45. The van der Waals surface area contributed by atoms with Gasteiger partial charge < -0.3 is 9.73 Å². The van der Waals surface area contributed by atoms with Crippen LogP contribution in [-0.2, 0) is 11.8 Å². The quantitative estimate of drug-likeness (QED) is 0.740. The average Bonchev–Trinajstić information content (AvgIpc) is 3.04. The van der Waals surface area contributed by atoms with Gasteiger partial charge in [0.25, 0.3) is 0 Å². The number of hydrogen-bond acceptors (Lipinski definition) is 4. The largest absolute Gasteiger partial charge is 0.425 e. The normalized spacial score (nSPS) is 18.0. The predicted octanol–water partition coefficient (Wildman–Crippen LogP) is 3.47. The Morgan fingerprint density at radius 1 is 1.25 bits per heavy atom. The summed E-state index contributed by atoms with van der Waals surface area (Å²) in [5.41, 5.74) is 0.168. The Kier molecular flexibility index (Phi) is 5.58. The van der Waals surface area contributed by atoms with Crippen LogP contribution in [0.4, 0.5) is 0 Å². The number of aromatic nitrogens is 2. The van der Waals surface area contributed by atoms with Crippen molar-refractivity contribution in [2.24, 2.45) is 5.92 Å². The Labute approximate surface area is 122 Å². The number of nitrogens with zero attached hydrogens (tertiary/aromatic N) is 2. The van der Waals surface area contributed by atoms with E-state index in [1.165, 1.54) is 32.1 Å². The molecule has 0 bridgehead atoms. The molecule has 114 valence electrons. The maximum atomic E-state index is 6.00. The molecule has 0 unspecified atom stereocenters. The molecule has 4 nitrogen and oxygen atoms in total. The van der Waals surface area contributed by atoms with E-state index in [-0.39, 0.29) is 5.41 Å². The lowest BCUT2D eigenvalue weighted by molar-refractivity contribution is 0.267. The Balaban J connectivity index is 1.98. The number of nitrogens with one attached hydrogen (secondary N) is 1. The molecule has 0 aromatic carbocycles. The highest BCUT2D eigenvalue weighted by Gasteiger charge is 2.40. The molecule has 1 aromatic heterocycles. The molecule has 2 rings (SSSR count). The lowest BCUT2D eigenvalue weighted by atomic mass is 9.78. The minimum atomic E-state index is 0.168. The lowest BCUT2D eigenvalue weighted by Gasteiger charge is -2.26. The van der Waals surface area contributed by atoms with Crippen LogP contribution in [0, 0.1) is 5.92 Å². The summed E-state index contributed by atoms with van der Waals surface area (Å²) in [6, 6.07) is 0. The van der Waals surface area contributed by atoms with Gasteiger partial charge in [0.05, 0.1) is 0 Å². The first kappa shape index (κ1) is 15.5. The molecule has 4 heteroatoms. The van der Waals surface area contributed by atoms with E-state index >= 15 is 0 Å². The summed E-state index contributed by atoms with van der Waals surface area (Å²) in [6.07, 6.45) is 8.14. The molecule has 0 aliphatic heterocycles. The van der Waals surface area contributed by atoms with Crippen molar-refractivity contribution in [3.05, 3.63) is 11.8 Å². The molecule has 1 aromatic rings. The SMILES string of the molecule is CCNCCCc1nnc(C2(CC(C)C)CCCC2)o1. The third kappa shape index (κ3) is 3.81. The molecule has 1 aliphatic rings. The van der Waals surface area contributed by atoms with Gasteiger partial charge in [-0.2, -0.15) is 0 Å². The van der Waals surface area contributed by atoms with E-state index in [1.807, 2.05) is 0 Å². The molecule has 20 heavy (non-hydrogen) atoms.